The van der Waals surface area contributed by atoms with Gasteiger partial charge in [0.1, 0.15) is 19.1 Å². The SMILES string of the molecule is C=C(C)C(=O)OC(C)COC(=O)CC(=O)O. The van der Waals surface area contributed by atoms with E-state index in [4.69, 9.17) is 9.84 Å². The number of esters is 2. The molecule has 0 heterocycles. The van der Waals surface area contributed by atoms with Gasteiger partial charge in [0.15, 0.2) is 0 Å². The summed E-state index contributed by atoms with van der Waals surface area (Å²) < 4.78 is 9.37. The summed E-state index contributed by atoms with van der Waals surface area (Å²) in [6, 6.07) is 0. The van der Waals surface area contributed by atoms with Crippen LogP contribution in [-0.4, -0.2) is 35.7 Å². The maximum atomic E-state index is 11.0. The molecule has 0 aliphatic carbocycles. The number of ether oxygens (including phenoxy) is 2. The first-order valence-corrected chi connectivity index (χ1v) is 4.56. The Morgan fingerprint density at radius 2 is 1.94 bits per heavy atom. The lowest BCUT2D eigenvalue weighted by atomic mass is 10.3. The molecule has 1 atom stereocenters. The van der Waals surface area contributed by atoms with Gasteiger partial charge in [-0.25, -0.2) is 4.79 Å². The molecule has 90 valence electrons. The average molecular weight is 230 g/mol. The fourth-order valence-electron chi connectivity index (χ4n) is 0.702. The number of carboxylic acids is 1. The summed E-state index contributed by atoms with van der Waals surface area (Å²) in [4.78, 5) is 32.0. The van der Waals surface area contributed by atoms with E-state index in [2.05, 4.69) is 11.3 Å². The molecule has 0 saturated carbocycles. The molecule has 1 unspecified atom stereocenters. The van der Waals surface area contributed by atoms with E-state index in [0.29, 0.717) is 0 Å². The Kier molecular flexibility index (Phi) is 5.84. The summed E-state index contributed by atoms with van der Waals surface area (Å²) in [5.74, 6) is -2.72. The number of carbonyl (C=O) groups is 3. The average Bonchev–Trinajstić information content (AvgIpc) is 2.13. The largest absolute Gasteiger partial charge is 0.481 e. The standard InChI is InChI=1S/C10H14O6/c1-6(2)10(14)16-7(3)5-15-9(13)4-8(11)12/h7H,1,4-5H2,2-3H3,(H,11,12). The Balaban J connectivity index is 3.85. The van der Waals surface area contributed by atoms with Crippen LogP contribution in [0.15, 0.2) is 12.2 Å². The second kappa shape index (κ2) is 6.60. The summed E-state index contributed by atoms with van der Waals surface area (Å²) in [6.45, 7) is 6.22. The van der Waals surface area contributed by atoms with Crippen molar-refractivity contribution in [2.45, 2.75) is 26.4 Å². The van der Waals surface area contributed by atoms with Crippen molar-refractivity contribution in [2.24, 2.45) is 0 Å². The van der Waals surface area contributed by atoms with Crippen LogP contribution in [0.25, 0.3) is 0 Å². The van der Waals surface area contributed by atoms with E-state index >= 15 is 0 Å². The molecular formula is C10H14O6. The molecule has 0 aromatic carbocycles. The quantitative estimate of drug-likeness (QED) is 0.406. The first kappa shape index (κ1) is 14.2. The molecule has 6 heteroatoms. The van der Waals surface area contributed by atoms with Crippen molar-refractivity contribution in [1.29, 1.82) is 0 Å². The van der Waals surface area contributed by atoms with Crippen LogP contribution in [0.5, 0.6) is 0 Å². The highest BCUT2D eigenvalue weighted by Gasteiger charge is 2.14. The van der Waals surface area contributed by atoms with Crippen molar-refractivity contribution in [1.82, 2.24) is 0 Å². The molecular weight excluding hydrogens is 216 g/mol. The molecule has 0 amide bonds. The summed E-state index contributed by atoms with van der Waals surface area (Å²) in [5.41, 5.74) is 0.240. The molecule has 0 spiro atoms. The first-order chi connectivity index (χ1) is 7.32. The third-order valence-electron chi connectivity index (χ3n) is 1.43. The smallest absolute Gasteiger partial charge is 0.333 e. The minimum Gasteiger partial charge on any atom is -0.481 e. The van der Waals surface area contributed by atoms with Crippen molar-refractivity contribution < 1.29 is 29.0 Å². The lowest BCUT2D eigenvalue weighted by molar-refractivity contribution is -0.158. The maximum absolute atomic E-state index is 11.0. The highest BCUT2D eigenvalue weighted by Crippen LogP contribution is 1.99. The van der Waals surface area contributed by atoms with Crippen LogP contribution in [0, 0.1) is 0 Å². The van der Waals surface area contributed by atoms with Crippen LogP contribution in [0.1, 0.15) is 20.3 Å². The molecule has 0 fully saturated rings. The monoisotopic (exact) mass is 230 g/mol. The predicted molar refractivity (Wildman–Crippen MR) is 53.6 cm³/mol. The minimum absolute atomic E-state index is 0.175. The summed E-state index contributed by atoms with van der Waals surface area (Å²) in [6.07, 6.45) is -1.34. The molecule has 16 heavy (non-hydrogen) atoms. The van der Waals surface area contributed by atoms with E-state index in [-0.39, 0.29) is 12.2 Å². The molecule has 6 nitrogen and oxygen atoms in total. The van der Waals surface area contributed by atoms with Gasteiger partial charge < -0.3 is 14.6 Å². The molecule has 0 saturated heterocycles. The summed E-state index contributed by atoms with van der Waals surface area (Å²) >= 11 is 0. The molecule has 0 aromatic rings. The molecule has 1 N–H and O–H groups in total. The van der Waals surface area contributed by atoms with Gasteiger partial charge in [-0.15, -0.1) is 0 Å². The first-order valence-electron chi connectivity index (χ1n) is 4.56. The zero-order valence-electron chi connectivity index (χ0n) is 9.19. The maximum Gasteiger partial charge on any atom is 0.333 e. The number of carbonyl (C=O) groups excluding carboxylic acids is 2. The Morgan fingerprint density at radius 3 is 2.38 bits per heavy atom. The Labute approximate surface area is 92.8 Å². The fraction of sp³-hybridized carbons (Fsp3) is 0.500. The number of hydrogen-bond acceptors (Lipinski definition) is 5. The topological polar surface area (TPSA) is 89.9 Å². The number of aliphatic carboxylic acids is 1. The van der Waals surface area contributed by atoms with E-state index in [0.717, 1.165) is 0 Å². The third-order valence-corrected chi connectivity index (χ3v) is 1.43. The highest BCUT2D eigenvalue weighted by molar-refractivity contribution is 5.90. The lowest BCUT2D eigenvalue weighted by Gasteiger charge is -2.12. The van der Waals surface area contributed by atoms with Crippen LogP contribution in [0.4, 0.5) is 0 Å². The van der Waals surface area contributed by atoms with Crippen molar-refractivity contribution in [3.63, 3.8) is 0 Å². The van der Waals surface area contributed by atoms with Gasteiger partial charge in [-0.3, -0.25) is 9.59 Å². The van der Waals surface area contributed by atoms with Crippen LogP contribution >= 0.6 is 0 Å². The van der Waals surface area contributed by atoms with Gasteiger partial charge in [0.05, 0.1) is 0 Å². The molecule has 0 rings (SSSR count). The Morgan fingerprint density at radius 1 is 1.38 bits per heavy atom. The van der Waals surface area contributed by atoms with Crippen molar-refractivity contribution >= 4 is 17.9 Å². The zero-order valence-corrected chi connectivity index (χ0v) is 9.19. The van der Waals surface area contributed by atoms with E-state index in [1.165, 1.54) is 13.8 Å². The number of carboxylic acid groups (broad SMARTS) is 1. The predicted octanol–water partition coefficient (Wildman–Crippen LogP) is 0.512. The van der Waals surface area contributed by atoms with Gasteiger partial charge in [0.25, 0.3) is 0 Å². The van der Waals surface area contributed by atoms with Gasteiger partial charge in [0.2, 0.25) is 0 Å². The van der Waals surface area contributed by atoms with Crippen molar-refractivity contribution in [3.05, 3.63) is 12.2 Å². The number of hydrogen-bond donors (Lipinski definition) is 1. The molecule has 0 radical (unpaired) electrons. The van der Waals surface area contributed by atoms with Gasteiger partial charge in [-0.1, -0.05) is 6.58 Å². The minimum atomic E-state index is -1.27. The Hall–Kier alpha value is -1.85. The van der Waals surface area contributed by atoms with Crippen molar-refractivity contribution in [3.8, 4) is 0 Å². The van der Waals surface area contributed by atoms with Gasteiger partial charge >= 0.3 is 17.9 Å². The van der Waals surface area contributed by atoms with Gasteiger partial charge in [-0.05, 0) is 13.8 Å². The molecule has 0 aliphatic rings. The van der Waals surface area contributed by atoms with Crippen LogP contribution in [-0.2, 0) is 23.9 Å². The summed E-state index contributed by atoms with van der Waals surface area (Å²) in [5, 5.41) is 8.27. The second-order valence-corrected chi connectivity index (χ2v) is 3.25. The fourth-order valence-corrected chi connectivity index (χ4v) is 0.702. The van der Waals surface area contributed by atoms with E-state index in [1.807, 2.05) is 0 Å². The zero-order chi connectivity index (χ0) is 12.7. The highest BCUT2D eigenvalue weighted by atomic mass is 16.6. The molecule has 0 aromatic heterocycles. The van der Waals surface area contributed by atoms with E-state index < -0.39 is 30.4 Å². The lowest BCUT2D eigenvalue weighted by Crippen LogP contribution is -2.23. The van der Waals surface area contributed by atoms with Crippen LogP contribution in [0.2, 0.25) is 0 Å². The van der Waals surface area contributed by atoms with Gasteiger partial charge in [-0.2, -0.15) is 0 Å². The summed E-state index contributed by atoms with van der Waals surface area (Å²) in [7, 11) is 0. The van der Waals surface area contributed by atoms with Crippen molar-refractivity contribution in [2.75, 3.05) is 6.61 Å². The Bertz CT molecular complexity index is 306. The number of rotatable bonds is 6. The van der Waals surface area contributed by atoms with E-state index in [1.54, 1.807) is 0 Å². The van der Waals surface area contributed by atoms with Gasteiger partial charge in [0, 0.05) is 5.57 Å². The second-order valence-electron chi connectivity index (χ2n) is 3.25. The van der Waals surface area contributed by atoms with E-state index in [9.17, 15) is 14.4 Å². The molecule has 0 aliphatic heterocycles. The third kappa shape index (κ3) is 6.58. The van der Waals surface area contributed by atoms with Crippen LogP contribution < -0.4 is 0 Å². The normalized spacial score (nSPS) is 11.4. The van der Waals surface area contributed by atoms with Crippen LogP contribution in [0.3, 0.4) is 0 Å². The molecule has 0 bridgehead atoms.